The van der Waals surface area contributed by atoms with Crippen molar-refractivity contribution in [1.82, 2.24) is 0 Å². The van der Waals surface area contributed by atoms with Crippen LogP contribution in [0.5, 0.6) is 11.5 Å². The van der Waals surface area contributed by atoms with Crippen LogP contribution in [0.4, 0.5) is 0 Å². The molecule has 0 saturated carbocycles. The number of carboxylic acid groups (broad SMARTS) is 1. The fourth-order valence-electron chi connectivity index (χ4n) is 2.18. The van der Waals surface area contributed by atoms with E-state index >= 15 is 0 Å². The van der Waals surface area contributed by atoms with E-state index in [1.165, 1.54) is 7.11 Å². The second kappa shape index (κ2) is 8.72. The van der Waals surface area contributed by atoms with Crippen molar-refractivity contribution in [2.45, 2.75) is 25.7 Å². The molecule has 1 N–H and O–H groups in total. The van der Waals surface area contributed by atoms with Crippen LogP contribution < -0.4 is 4.74 Å². The number of aliphatic carboxylic acids is 1. The molecule has 0 heterocycles. The van der Waals surface area contributed by atoms with Gasteiger partial charge in [-0.15, -0.1) is 0 Å². The van der Waals surface area contributed by atoms with Crippen molar-refractivity contribution in [3.63, 3.8) is 0 Å². The van der Waals surface area contributed by atoms with Crippen molar-refractivity contribution in [2.75, 3.05) is 7.11 Å². The Kier molecular flexibility index (Phi) is 6.37. The number of carbonyl (C=O) groups is 2. The number of esters is 1. The Labute approximate surface area is 140 Å². The largest absolute Gasteiger partial charge is 0.481 e. The van der Waals surface area contributed by atoms with Gasteiger partial charge < -0.3 is 14.6 Å². The summed E-state index contributed by atoms with van der Waals surface area (Å²) in [6.45, 7) is 0. The summed E-state index contributed by atoms with van der Waals surface area (Å²) < 4.78 is 10.4. The average molecular weight is 328 g/mol. The lowest BCUT2D eigenvalue weighted by Crippen LogP contribution is -2.01. The highest BCUT2D eigenvalue weighted by molar-refractivity contribution is 5.69. The Morgan fingerprint density at radius 2 is 1.29 bits per heavy atom. The summed E-state index contributed by atoms with van der Waals surface area (Å²) in [7, 11) is 1.38. The summed E-state index contributed by atoms with van der Waals surface area (Å²) in [6.07, 6.45) is 1.61. The molecule has 0 unspecified atom stereocenters. The number of hydrogen-bond donors (Lipinski definition) is 1. The van der Waals surface area contributed by atoms with Gasteiger partial charge in [0.1, 0.15) is 11.5 Å². The fourth-order valence-corrected chi connectivity index (χ4v) is 2.18. The third-order valence-electron chi connectivity index (χ3n) is 3.56. The summed E-state index contributed by atoms with van der Waals surface area (Å²) in [6, 6.07) is 14.9. The van der Waals surface area contributed by atoms with Gasteiger partial charge in [0.2, 0.25) is 0 Å². The number of methoxy groups -OCH3 is 1. The van der Waals surface area contributed by atoms with Crippen molar-refractivity contribution in [1.29, 1.82) is 0 Å². The molecular weight excluding hydrogens is 308 g/mol. The molecule has 126 valence electrons. The molecule has 0 fully saturated rings. The fraction of sp³-hybridized carbons (Fsp3) is 0.263. The Bertz CT molecular complexity index is 674. The van der Waals surface area contributed by atoms with Gasteiger partial charge in [-0.1, -0.05) is 24.3 Å². The predicted molar refractivity (Wildman–Crippen MR) is 89.3 cm³/mol. The number of aryl methyl sites for hydroxylation is 2. The van der Waals surface area contributed by atoms with Gasteiger partial charge in [0, 0.05) is 12.8 Å². The normalized spacial score (nSPS) is 10.2. The highest BCUT2D eigenvalue weighted by Crippen LogP contribution is 2.22. The molecule has 5 heteroatoms. The minimum Gasteiger partial charge on any atom is -0.481 e. The van der Waals surface area contributed by atoms with Crippen LogP contribution in [0.2, 0.25) is 0 Å². The van der Waals surface area contributed by atoms with Crippen LogP contribution in [0, 0.1) is 0 Å². The third-order valence-corrected chi connectivity index (χ3v) is 3.56. The SMILES string of the molecule is COC(=O)CCc1ccc(Oc2ccc(CCC(=O)O)cc2)cc1. The maximum absolute atomic E-state index is 11.1. The summed E-state index contributed by atoms with van der Waals surface area (Å²) in [5, 5.41) is 8.68. The van der Waals surface area contributed by atoms with Crippen LogP contribution >= 0.6 is 0 Å². The lowest BCUT2D eigenvalue weighted by molar-refractivity contribution is -0.140. The van der Waals surface area contributed by atoms with Crippen LogP contribution in [0.15, 0.2) is 48.5 Å². The molecule has 0 spiro atoms. The molecule has 2 aromatic rings. The molecule has 2 aromatic carbocycles. The van der Waals surface area contributed by atoms with E-state index in [1.54, 1.807) is 0 Å². The van der Waals surface area contributed by atoms with Crippen LogP contribution in [0.3, 0.4) is 0 Å². The Morgan fingerprint density at radius 1 is 0.833 bits per heavy atom. The molecule has 0 amide bonds. The van der Waals surface area contributed by atoms with Crippen molar-refractivity contribution in [3.8, 4) is 11.5 Å². The molecule has 0 atom stereocenters. The summed E-state index contributed by atoms with van der Waals surface area (Å²) in [4.78, 5) is 21.7. The molecular formula is C19H20O5. The molecule has 0 aliphatic heterocycles. The average Bonchev–Trinajstić information content (AvgIpc) is 2.60. The topological polar surface area (TPSA) is 72.8 Å². The van der Waals surface area contributed by atoms with Crippen molar-refractivity contribution >= 4 is 11.9 Å². The van der Waals surface area contributed by atoms with E-state index in [0.717, 1.165) is 11.1 Å². The van der Waals surface area contributed by atoms with E-state index in [0.29, 0.717) is 30.8 Å². The van der Waals surface area contributed by atoms with Crippen LogP contribution in [0.1, 0.15) is 24.0 Å². The van der Waals surface area contributed by atoms with Gasteiger partial charge in [0.05, 0.1) is 7.11 Å². The maximum Gasteiger partial charge on any atom is 0.305 e. The van der Waals surface area contributed by atoms with Crippen LogP contribution in [0.25, 0.3) is 0 Å². The quantitative estimate of drug-likeness (QED) is 0.750. The van der Waals surface area contributed by atoms with Crippen LogP contribution in [-0.4, -0.2) is 24.2 Å². The molecule has 0 radical (unpaired) electrons. The van der Waals surface area contributed by atoms with Crippen molar-refractivity contribution < 1.29 is 24.2 Å². The molecule has 0 bridgehead atoms. The van der Waals surface area contributed by atoms with E-state index < -0.39 is 5.97 Å². The van der Waals surface area contributed by atoms with E-state index in [1.807, 2.05) is 48.5 Å². The van der Waals surface area contributed by atoms with Gasteiger partial charge in [-0.25, -0.2) is 0 Å². The second-order valence-electron chi connectivity index (χ2n) is 5.36. The second-order valence-corrected chi connectivity index (χ2v) is 5.36. The molecule has 2 rings (SSSR count). The molecule has 0 aliphatic carbocycles. The van der Waals surface area contributed by atoms with E-state index in [4.69, 9.17) is 9.84 Å². The summed E-state index contributed by atoms with van der Waals surface area (Å²) in [5.41, 5.74) is 2.00. The highest BCUT2D eigenvalue weighted by atomic mass is 16.5. The summed E-state index contributed by atoms with van der Waals surface area (Å²) >= 11 is 0. The Morgan fingerprint density at radius 3 is 1.71 bits per heavy atom. The monoisotopic (exact) mass is 328 g/mol. The molecule has 5 nitrogen and oxygen atoms in total. The highest BCUT2D eigenvalue weighted by Gasteiger charge is 2.03. The zero-order valence-corrected chi connectivity index (χ0v) is 13.5. The smallest absolute Gasteiger partial charge is 0.305 e. The van der Waals surface area contributed by atoms with E-state index in [-0.39, 0.29) is 12.4 Å². The van der Waals surface area contributed by atoms with Crippen molar-refractivity contribution in [3.05, 3.63) is 59.7 Å². The van der Waals surface area contributed by atoms with Gasteiger partial charge in [-0.05, 0) is 48.2 Å². The molecule has 0 aliphatic rings. The summed E-state index contributed by atoms with van der Waals surface area (Å²) in [5.74, 6) is 0.368. The zero-order valence-electron chi connectivity index (χ0n) is 13.5. The number of rotatable bonds is 8. The lowest BCUT2D eigenvalue weighted by Gasteiger charge is -2.08. The van der Waals surface area contributed by atoms with Gasteiger partial charge in [-0.2, -0.15) is 0 Å². The first-order valence-electron chi connectivity index (χ1n) is 7.71. The van der Waals surface area contributed by atoms with Gasteiger partial charge >= 0.3 is 11.9 Å². The van der Waals surface area contributed by atoms with E-state index in [2.05, 4.69) is 4.74 Å². The predicted octanol–water partition coefficient (Wildman–Crippen LogP) is 3.60. The first-order valence-corrected chi connectivity index (χ1v) is 7.71. The number of ether oxygens (including phenoxy) is 2. The zero-order chi connectivity index (χ0) is 17.4. The molecule has 24 heavy (non-hydrogen) atoms. The van der Waals surface area contributed by atoms with Crippen LogP contribution in [-0.2, 0) is 27.2 Å². The Balaban J connectivity index is 1.89. The first-order chi connectivity index (χ1) is 11.6. The van der Waals surface area contributed by atoms with Crippen molar-refractivity contribution in [2.24, 2.45) is 0 Å². The number of carbonyl (C=O) groups excluding carboxylic acids is 1. The maximum atomic E-state index is 11.1. The minimum absolute atomic E-state index is 0.118. The number of hydrogen-bond acceptors (Lipinski definition) is 4. The Hall–Kier alpha value is -2.82. The van der Waals surface area contributed by atoms with Gasteiger partial charge in [0.15, 0.2) is 0 Å². The lowest BCUT2D eigenvalue weighted by atomic mass is 10.1. The molecule has 0 aromatic heterocycles. The number of benzene rings is 2. The van der Waals surface area contributed by atoms with Gasteiger partial charge in [-0.3, -0.25) is 9.59 Å². The standard InChI is InChI=1S/C19H20O5/c1-23-19(22)13-7-15-4-10-17(11-5-15)24-16-8-2-14(3-9-16)6-12-18(20)21/h2-5,8-11H,6-7,12-13H2,1H3,(H,20,21). The minimum atomic E-state index is -0.803. The van der Waals surface area contributed by atoms with Gasteiger partial charge in [0.25, 0.3) is 0 Å². The third kappa shape index (κ3) is 5.76. The van der Waals surface area contributed by atoms with E-state index in [9.17, 15) is 9.59 Å². The molecule has 0 saturated heterocycles. The first kappa shape index (κ1) is 17.5. The number of carboxylic acids is 1.